The zero-order valence-electron chi connectivity index (χ0n) is 12.4. The van der Waals surface area contributed by atoms with Gasteiger partial charge in [0.15, 0.2) is 0 Å². The van der Waals surface area contributed by atoms with Gasteiger partial charge in [0.25, 0.3) is 0 Å². The summed E-state index contributed by atoms with van der Waals surface area (Å²) in [4.78, 5) is 0.256. The van der Waals surface area contributed by atoms with Gasteiger partial charge < -0.3 is 4.74 Å². The van der Waals surface area contributed by atoms with Gasteiger partial charge in [0, 0.05) is 18.2 Å². The molecule has 3 rings (SSSR count). The van der Waals surface area contributed by atoms with Gasteiger partial charge in [0.05, 0.1) is 17.7 Å². The first-order valence-corrected chi connectivity index (χ1v) is 8.83. The number of H-pyrrole nitrogens is 1. The van der Waals surface area contributed by atoms with Crippen LogP contribution in [-0.2, 0) is 22.9 Å². The average Bonchev–Trinajstić information content (AvgIpc) is 2.95. The topological polar surface area (TPSA) is 84.1 Å². The molecule has 1 unspecified atom stereocenters. The van der Waals surface area contributed by atoms with E-state index < -0.39 is 10.0 Å². The van der Waals surface area contributed by atoms with Crippen LogP contribution in [0.2, 0.25) is 0 Å². The minimum atomic E-state index is -3.52. The van der Waals surface area contributed by atoms with Crippen molar-refractivity contribution in [1.29, 1.82) is 0 Å². The predicted molar refractivity (Wildman–Crippen MR) is 82.3 cm³/mol. The third-order valence-electron chi connectivity index (χ3n) is 3.79. The fourth-order valence-electron chi connectivity index (χ4n) is 2.68. The summed E-state index contributed by atoms with van der Waals surface area (Å²) in [6.07, 6.45) is 4.07. The Hall–Kier alpha value is -1.86. The highest BCUT2D eigenvalue weighted by atomic mass is 32.2. The van der Waals surface area contributed by atoms with Crippen LogP contribution < -0.4 is 9.46 Å². The van der Waals surface area contributed by atoms with Crippen LogP contribution >= 0.6 is 0 Å². The highest BCUT2D eigenvalue weighted by molar-refractivity contribution is 7.89. The van der Waals surface area contributed by atoms with E-state index in [-0.39, 0.29) is 10.9 Å². The number of nitrogens with one attached hydrogen (secondary N) is 2. The summed E-state index contributed by atoms with van der Waals surface area (Å²) in [6.45, 7) is 2.44. The SMILES string of the molecule is CCOc1ccc(S(=O)(=O)NC2CCc3cn[nH]c3C2)cc1. The minimum absolute atomic E-state index is 0.107. The number of ether oxygens (including phenoxy) is 1. The molecule has 1 atom stereocenters. The highest BCUT2D eigenvalue weighted by Crippen LogP contribution is 2.21. The van der Waals surface area contributed by atoms with E-state index in [0.717, 1.165) is 18.5 Å². The number of hydrogen-bond acceptors (Lipinski definition) is 4. The lowest BCUT2D eigenvalue weighted by molar-refractivity contribution is 0.340. The third kappa shape index (κ3) is 3.15. The number of aromatic amines is 1. The maximum atomic E-state index is 12.4. The van der Waals surface area contributed by atoms with Crippen molar-refractivity contribution in [1.82, 2.24) is 14.9 Å². The third-order valence-corrected chi connectivity index (χ3v) is 5.32. The summed E-state index contributed by atoms with van der Waals surface area (Å²) < 4.78 is 33.0. The molecule has 0 saturated heterocycles. The van der Waals surface area contributed by atoms with E-state index in [1.807, 2.05) is 13.1 Å². The smallest absolute Gasteiger partial charge is 0.240 e. The Balaban J connectivity index is 1.71. The van der Waals surface area contributed by atoms with Crippen LogP contribution in [0.5, 0.6) is 5.75 Å². The van der Waals surface area contributed by atoms with Crippen molar-refractivity contribution in [3.05, 3.63) is 41.7 Å². The lowest BCUT2D eigenvalue weighted by Crippen LogP contribution is -2.38. The van der Waals surface area contributed by atoms with Crippen molar-refractivity contribution in [2.24, 2.45) is 0 Å². The fraction of sp³-hybridized carbons (Fsp3) is 0.400. The second-order valence-electron chi connectivity index (χ2n) is 5.34. The van der Waals surface area contributed by atoms with Gasteiger partial charge in [-0.15, -0.1) is 0 Å². The first kappa shape index (κ1) is 15.1. The molecule has 0 aliphatic heterocycles. The van der Waals surface area contributed by atoms with Gasteiger partial charge in [-0.25, -0.2) is 13.1 Å². The first-order valence-electron chi connectivity index (χ1n) is 7.35. The monoisotopic (exact) mass is 321 g/mol. The number of rotatable bonds is 5. The van der Waals surface area contributed by atoms with E-state index in [1.54, 1.807) is 24.3 Å². The quantitative estimate of drug-likeness (QED) is 0.877. The van der Waals surface area contributed by atoms with Gasteiger partial charge in [-0.2, -0.15) is 5.10 Å². The van der Waals surface area contributed by atoms with Gasteiger partial charge in [-0.3, -0.25) is 5.10 Å². The van der Waals surface area contributed by atoms with Crippen molar-refractivity contribution in [3.8, 4) is 5.75 Å². The molecule has 1 aliphatic rings. The van der Waals surface area contributed by atoms with E-state index >= 15 is 0 Å². The Labute approximate surface area is 129 Å². The number of nitrogens with zero attached hydrogens (tertiary/aromatic N) is 1. The number of hydrogen-bond donors (Lipinski definition) is 2. The standard InChI is InChI=1S/C15H19N3O3S/c1-2-21-13-5-7-14(8-6-13)22(19,20)18-12-4-3-11-10-16-17-15(11)9-12/h5-8,10,12,18H,2-4,9H2,1H3,(H,16,17). The zero-order valence-corrected chi connectivity index (χ0v) is 13.2. The molecule has 22 heavy (non-hydrogen) atoms. The average molecular weight is 321 g/mol. The van der Waals surface area contributed by atoms with Crippen LogP contribution in [0.15, 0.2) is 35.4 Å². The zero-order chi connectivity index (χ0) is 15.6. The van der Waals surface area contributed by atoms with Crippen molar-refractivity contribution in [3.63, 3.8) is 0 Å². The molecular formula is C15H19N3O3S. The molecule has 6 nitrogen and oxygen atoms in total. The number of sulfonamides is 1. The molecule has 0 bridgehead atoms. The Morgan fingerprint density at radius 3 is 2.86 bits per heavy atom. The van der Waals surface area contributed by atoms with Gasteiger partial charge in [-0.05, 0) is 49.6 Å². The molecule has 118 valence electrons. The highest BCUT2D eigenvalue weighted by Gasteiger charge is 2.25. The molecule has 1 aromatic heterocycles. The van der Waals surface area contributed by atoms with Crippen LogP contribution in [0.1, 0.15) is 24.6 Å². The summed E-state index contributed by atoms with van der Waals surface area (Å²) in [5, 5.41) is 6.94. The maximum absolute atomic E-state index is 12.4. The fourth-order valence-corrected chi connectivity index (χ4v) is 3.95. The Kier molecular flexibility index (Phi) is 4.17. The normalized spacial score (nSPS) is 18.0. The molecule has 0 spiro atoms. The van der Waals surface area contributed by atoms with E-state index in [1.165, 1.54) is 5.56 Å². The van der Waals surface area contributed by atoms with E-state index in [9.17, 15) is 8.42 Å². The molecule has 1 aromatic carbocycles. The van der Waals surface area contributed by atoms with Gasteiger partial charge in [-0.1, -0.05) is 0 Å². The van der Waals surface area contributed by atoms with Gasteiger partial charge in [0.1, 0.15) is 5.75 Å². The van der Waals surface area contributed by atoms with Crippen LogP contribution in [0.4, 0.5) is 0 Å². The lowest BCUT2D eigenvalue weighted by atomic mass is 9.95. The number of aromatic nitrogens is 2. The van der Waals surface area contributed by atoms with E-state index in [0.29, 0.717) is 18.8 Å². The summed E-state index contributed by atoms with van der Waals surface area (Å²) in [6, 6.07) is 6.37. The van der Waals surface area contributed by atoms with Crippen LogP contribution in [0.25, 0.3) is 0 Å². The summed E-state index contributed by atoms with van der Waals surface area (Å²) in [7, 11) is -3.52. The second-order valence-corrected chi connectivity index (χ2v) is 7.05. The maximum Gasteiger partial charge on any atom is 0.240 e. The summed E-state index contributed by atoms with van der Waals surface area (Å²) in [5.41, 5.74) is 2.20. The second kappa shape index (κ2) is 6.10. The first-order chi connectivity index (χ1) is 10.6. The van der Waals surface area contributed by atoms with Crippen LogP contribution in [0, 0.1) is 0 Å². The molecule has 0 amide bonds. The Bertz CT molecular complexity index is 738. The molecule has 1 heterocycles. The Morgan fingerprint density at radius 1 is 1.36 bits per heavy atom. The molecule has 0 saturated carbocycles. The lowest BCUT2D eigenvalue weighted by Gasteiger charge is -2.22. The summed E-state index contributed by atoms with van der Waals surface area (Å²) >= 11 is 0. The summed E-state index contributed by atoms with van der Waals surface area (Å²) in [5.74, 6) is 0.668. The molecule has 1 aliphatic carbocycles. The van der Waals surface area contributed by atoms with Crippen molar-refractivity contribution in [2.45, 2.75) is 37.1 Å². The van der Waals surface area contributed by atoms with E-state index in [2.05, 4.69) is 14.9 Å². The van der Waals surface area contributed by atoms with Gasteiger partial charge >= 0.3 is 0 Å². The van der Waals surface area contributed by atoms with Crippen molar-refractivity contribution in [2.75, 3.05) is 6.61 Å². The largest absolute Gasteiger partial charge is 0.494 e. The van der Waals surface area contributed by atoms with Crippen molar-refractivity contribution < 1.29 is 13.2 Å². The molecular weight excluding hydrogens is 302 g/mol. The Morgan fingerprint density at radius 2 is 2.14 bits per heavy atom. The predicted octanol–water partition coefficient (Wildman–Crippen LogP) is 1.64. The number of benzene rings is 1. The van der Waals surface area contributed by atoms with Crippen LogP contribution in [-0.4, -0.2) is 31.3 Å². The van der Waals surface area contributed by atoms with Crippen molar-refractivity contribution >= 4 is 10.0 Å². The minimum Gasteiger partial charge on any atom is -0.494 e. The van der Waals surface area contributed by atoms with Gasteiger partial charge in [0.2, 0.25) is 10.0 Å². The molecule has 0 fully saturated rings. The molecule has 7 heteroatoms. The molecule has 0 radical (unpaired) electrons. The number of aryl methyl sites for hydroxylation is 1. The number of fused-ring (bicyclic) bond motifs is 1. The van der Waals surface area contributed by atoms with Crippen LogP contribution in [0.3, 0.4) is 0 Å². The molecule has 2 N–H and O–H groups in total. The van der Waals surface area contributed by atoms with E-state index in [4.69, 9.17) is 4.74 Å². The molecule has 2 aromatic rings.